The number of benzene rings is 1. The maximum Gasteiger partial charge on any atom is 0.340 e. The molecule has 0 unspecified atom stereocenters. The minimum absolute atomic E-state index is 0.168. The summed E-state index contributed by atoms with van der Waals surface area (Å²) >= 11 is 5.79. The Morgan fingerprint density at radius 1 is 1.05 bits per heavy atom. The van der Waals surface area contributed by atoms with Gasteiger partial charge in [-0.2, -0.15) is 8.78 Å². The predicted molar refractivity (Wildman–Crippen MR) is 79.2 cm³/mol. The van der Waals surface area contributed by atoms with Gasteiger partial charge in [-0.05, 0) is 49.9 Å². The van der Waals surface area contributed by atoms with E-state index >= 15 is 0 Å². The van der Waals surface area contributed by atoms with Gasteiger partial charge in [-0.1, -0.05) is 11.6 Å². The van der Waals surface area contributed by atoms with Crippen LogP contribution in [-0.4, -0.2) is 9.13 Å². The molecule has 1 aromatic heterocycles. The molecule has 0 aliphatic heterocycles. The van der Waals surface area contributed by atoms with Crippen molar-refractivity contribution in [2.24, 2.45) is 0 Å². The smallest absolute Gasteiger partial charge is 0.268 e. The number of halogens is 3. The third-order valence-electron chi connectivity index (χ3n) is 3.87. The first-order valence-electron chi connectivity index (χ1n) is 6.94. The van der Waals surface area contributed by atoms with Gasteiger partial charge in [0.05, 0.1) is 5.69 Å². The topological polar surface area (TPSA) is 44.0 Å². The molecule has 0 radical (unpaired) electrons. The zero-order valence-electron chi connectivity index (χ0n) is 11.6. The van der Waals surface area contributed by atoms with E-state index < -0.39 is 17.8 Å². The normalized spacial score (nSPS) is 14.2. The molecule has 0 atom stereocenters. The fourth-order valence-electron chi connectivity index (χ4n) is 2.85. The van der Waals surface area contributed by atoms with Crippen molar-refractivity contribution >= 4 is 11.6 Å². The van der Waals surface area contributed by atoms with Crippen molar-refractivity contribution < 1.29 is 8.78 Å². The lowest BCUT2D eigenvalue weighted by Crippen LogP contribution is -2.43. The van der Waals surface area contributed by atoms with E-state index in [4.69, 9.17) is 11.6 Å². The van der Waals surface area contributed by atoms with Crippen molar-refractivity contribution in [2.75, 3.05) is 0 Å². The quantitative estimate of drug-likeness (QED) is 0.851. The molecule has 1 aliphatic carbocycles. The molecule has 1 aromatic carbocycles. The lowest BCUT2D eigenvalue weighted by molar-refractivity contribution is 0.0596. The van der Waals surface area contributed by atoms with Crippen molar-refractivity contribution in [1.82, 2.24) is 9.13 Å². The molecule has 0 bridgehead atoms. The Bertz CT molecular complexity index is 825. The predicted octanol–water partition coefficient (Wildman–Crippen LogP) is 2.93. The van der Waals surface area contributed by atoms with Crippen LogP contribution in [0.1, 0.15) is 30.6 Å². The van der Waals surface area contributed by atoms with Gasteiger partial charge in [0, 0.05) is 16.3 Å². The molecule has 0 fully saturated rings. The molecule has 1 aliphatic rings. The Morgan fingerprint density at radius 3 is 2.32 bits per heavy atom. The van der Waals surface area contributed by atoms with Crippen LogP contribution in [0, 0.1) is 0 Å². The van der Waals surface area contributed by atoms with Crippen LogP contribution in [0.2, 0.25) is 5.02 Å². The van der Waals surface area contributed by atoms with Crippen molar-refractivity contribution in [3.8, 4) is 5.69 Å². The number of alkyl halides is 2. The van der Waals surface area contributed by atoms with Crippen molar-refractivity contribution in [3.05, 3.63) is 61.4 Å². The summed E-state index contributed by atoms with van der Waals surface area (Å²) in [5.41, 5.74) is -0.813. The number of rotatable bonds is 2. The van der Waals surface area contributed by atoms with Gasteiger partial charge in [-0.15, -0.1) is 0 Å². The second-order valence-electron chi connectivity index (χ2n) is 5.18. The molecular weight excluding hydrogens is 314 g/mol. The molecule has 22 heavy (non-hydrogen) atoms. The highest BCUT2D eigenvalue weighted by Crippen LogP contribution is 2.21. The summed E-state index contributed by atoms with van der Waals surface area (Å²) in [5, 5.41) is 0.434. The van der Waals surface area contributed by atoms with E-state index in [0.29, 0.717) is 34.4 Å². The highest BCUT2D eigenvalue weighted by Gasteiger charge is 2.25. The van der Waals surface area contributed by atoms with Crippen molar-refractivity contribution in [2.45, 2.75) is 32.2 Å². The van der Waals surface area contributed by atoms with E-state index in [1.54, 1.807) is 0 Å². The van der Waals surface area contributed by atoms with Crippen molar-refractivity contribution in [3.63, 3.8) is 0 Å². The molecule has 0 amide bonds. The fraction of sp³-hybridized carbons (Fsp3) is 0.333. The molecule has 0 spiro atoms. The minimum Gasteiger partial charge on any atom is -0.268 e. The monoisotopic (exact) mass is 326 g/mol. The number of hydrogen-bond donors (Lipinski definition) is 0. The average molecular weight is 327 g/mol. The Labute approximate surface area is 129 Å². The Morgan fingerprint density at radius 2 is 1.68 bits per heavy atom. The van der Waals surface area contributed by atoms with Crippen molar-refractivity contribution in [1.29, 1.82) is 0 Å². The van der Waals surface area contributed by atoms with Crippen LogP contribution >= 0.6 is 11.6 Å². The molecule has 3 rings (SSSR count). The maximum atomic E-state index is 13.3. The molecule has 0 saturated heterocycles. The fourth-order valence-corrected chi connectivity index (χ4v) is 2.98. The van der Waals surface area contributed by atoms with Crippen LogP contribution in [0.5, 0.6) is 0 Å². The summed E-state index contributed by atoms with van der Waals surface area (Å²) in [6.45, 7) is -2.97. The molecular formula is C15H13ClF2N2O2. The first-order valence-corrected chi connectivity index (χ1v) is 7.32. The van der Waals surface area contributed by atoms with E-state index in [2.05, 4.69) is 0 Å². The third kappa shape index (κ3) is 2.37. The molecule has 2 aromatic rings. The second-order valence-corrected chi connectivity index (χ2v) is 5.62. The maximum absolute atomic E-state index is 13.3. The lowest BCUT2D eigenvalue weighted by Gasteiger charge is -2.21. The second kappa shape index (κ2) is 5.68. The van der Waals surface area contributed by atoms with Gasteiger partial charge in [-0.25, -0.2) is 13.9 Å². The molecule has 116 valence electrons. The van der Waals surface area contributed by atoms with E-state index in [-0.39, 0.29) is 11.4 Å². The van der Waals surface area contributed by atoms with E-state index in [9.17, 15) is 18.4 Å². The van der Waals surface area contributed by atoms with Gasteiger partial charge >= 0.3 is 12.2 Å². The zero-order valence-corrected chi connectivity index (χ0v) is 12.3. The van der Waals surface area contributed by atoms with Crippen LogP contribution in [0.15, 0.2) is 33.9 Å². The van der Waals surface area contributed by atoms with E-state index in [0.717, 1.165) is 11.0 Å². The molecule has 7 heteroatoms. The van der Waals surface area contributed by atoms with Gasteiger partial charge in [0.15, 0.2) is 0 Å². The van der Waals surface area contributed by atoms with Gasteiger partial charge < -0.3 is 0 Å². The summed E-state index contributed by atoms with van der Waals surface area (Å²) in [7, 11) is 0. The average Bonchev–Trinajstić information content (AvgIpc) is 2.49. The lowest BCUT2D eigenvalue weighted by atomic mass is 9.96. The molecule has 0 N–H and O–H groups in total. The molecule has 0 saturated carbocycles. The van der Waals surface area contributed by atoms with Crippen LogP contribution in [-0.2, 0) is 12.8 Å². The Hall–Kier alpha value is -1.95. The number of hydrogen-bond acceptors (Lipinski definition) is 2. The summed E-state index contributed by atoms with van der Waals surface area (Å²) in [5.74, 6) is 0. The van der Waals surface area contributed by atoms with Crippen LogP contribution < -0.4 is 11.2 Å². The minimum atomic E-state index is -2.97. The largest absolute Gasteiger partial charge is 0.340 e. The third-order valence-corrected chi connectivity index (χ3v) is 4.12. The Kier molecular flexibility index (Phi) is 3.87. The number of aromatic nitrogens is 2. The highest BCUT2D eigenvalue weighted by atomic mass is 35.5. The van der Waals surface area contributed by atoms with Gasteiger partial charge in [0.1, 0.15) is 0 Å². The van der Waals surface area contributed by atoms with Gasteiger partial charge in [-0.3, -0.25) is 4.79 Å². The Balaban J connectivity index is 2.36. The first kappa shape index (κ1) is 15.0. The number of nitrogens with zero attached hydrogens (tertiary/aromatic N) is 2. The molecule has 1 heterocycles. The number of fused-ring (bicyclic) bond motifs is 1. The first-order chi connectivity index (χ1) is 10.5. The van der Waals surface area contributed by atoms with Gasteiger partial charge in [0.2, 0.25) is 0 Å². The van der Waals surface area contributed by atoms with E-state index in [1.807, 2.05) is 0 Å². The summed E-state index contributed by atoms with van der Waals surface area (Å²) < 4.78 is 27.9. The molecule has 4 nitrogen and oxygen atoms in total. The van der Waals surface area contributed by atoms with Gasteiger partial charge in [0.25, 0.3) is 5.56 Å². The van der Waals surface area contributed by atoms with E-state index in [1.165, 1.54) is 24.3 Å². The summed E-state index contributed by atoms with van der Waals surface area (Å²) in [6.07, 6.45) is 2.19. The highest BCUT2D eigenvalue weighted by molar-refractivity contribution is 6.30. The van der Waals surface area contributed by atoms with Crippen LogP contribution in [0.4, 0.5) is 8.78 Å². The van der Waals surface area contributed by atoms with Crippen LogP contribution in [0.25, 0.3) is 5.69 Å². The van der Waals surface area contributed by atoms with Crippen LogP contribution in [0.3, 0.4) is 0 Å². The standard InChI is InChI=1S/C15H13ClF2N2O2/c16-9-5-7-10(8-6-9)19-13(21)11-3-1-2-4-12(11)20(14(17)18)15(19)22/h5-8,14H,1-4H2. The zero-order chi connectivity index (χ0) is 15.9. The SMILES string of the molecule is O=c1c2c(n(C(F)F)c(=O)n1-c1ccc(Cl)cc1)CCCC2. The summed E-state index contributed by atoms with van der Waals surface area (Å²) in [6, 6.07) is 5.95. The summed E-state index contributed by atoms with van der Waals surface area (Å²) in [4.78, 5) is 25.0.